The van der Waals surface area contributed by atoms with E-state index in [0.29, 0.717) is 6.04 Å². The Morgan fingerprint density at radius 1 is 1.00 bits per heavy atom. The maximum atomic E-state index is 5.18. The van der Waals surface area contributed by atoms with Gasteiger partial charge in [0.15, 0.2) is 0 Å². The summed E-state index contributed by atoms with van der Waals surface area (Å²) >= 11 is 0. The van der Waals surface area contributed by atoms with Gasteiger partial charge in [-0.1, -0.05) is 44.2 Å². The zero-order chi connectivity index (χ0) is 15.3. The molecule has 2 nitrogen and oxygen atoms in total. The lowest BCUT2D eigenvalue weighted by Gasteiger charge is -2.29. The maximum Gasteiger partial charge on any atom is 0.119 e. The molecule has 0 aromatic heterocycles. The summed E-state index contributed by atoms with van der Waals surface area (Å²) < 4.78 is 5.18. The van der Waals surface area contributed by atoms with Gasteiger partial charge in [0.05, 0.1) is 7.11 Å². The molecule has 2 rings (SSSR count). The van der Waals surface area contributed by atoms with Crippen molar-refractivity contribution in [2.75, 3.05) is 12.4 Å². The lowest BCUT2D eigenvalue weighted by Crippen LogP contribution is -2.27. The molecule has 0 aliphatic rings. The van der Waals surface area contributed by atoms with Gasteiger partial charge in [0.1, 0.15) is 5.75 Å². The van der Waals surface area contributed by atoms with Crippen LogP contribution in [0.3, 0.4) is 0 Å². The predicted octanol–water partition coefficient (Wildman–Crippen LogP) is 4.86. The second-order valence-electron chi connectivity index (χ2n) is 6.23. The maximum absolute atomic E-state index is 5.18. The minimum Gasteiger partial charge on any atom is -0.497 e. The molecule has 2 aromatic carbocycles. The van der Waals surface area contributed by atoms with Crippen LogP contribution in [0.1, 0.15) is 32.8 Å². The second kappa shape index (κ2) is 6.66. The van der Waals surface area contributed by atoms with Crippen molar-refractivity contribution in [1.29, 1.82) is 0 Å². The molecule has 2 heteroatoms. The Hall–Kier alpha value is -1.96. The van der Waals surface area contributed by atoms with E-state index in [-0.39, 0.29) is 5.41 Å². The van der Waals surface area contributed by atoms with Crippen LogP contribution in [0.15, 0.2) is 54.6 Å². The molecule has 112 valence electrons. The monoisotopic (exact) mass is 283 g/mol. The van der Waals surface area contributed by atoms with E-state index in [4.69, 9.17) is 4.74 Å². The first-order chi connectivity index (χ1) is 10.0. The Balaban J connectivity index is 1.98. The topological polar surface area (TPSA) is 21.3 Å². The number of anilines is 1. The molecule has 0 fully saturated rings. The molecule has 1 unspecified atom stereocenters. The van der Waals surface area contributed by atoms with Crippen molar-refractivity contribution in [3.63, 3.8) is 0 Å². The third-order valence-corrected chi connectivity index (χ3v) is 3.87. The van der Waals surface area contributed by atoms with Crippen LogP contribution >= 0.6 is 0 Å². The summed E-state index contributed by atoms with van der Waals surface area (Å²) in [5.74, 6) is 0.887. The molecular formula is C19H25NO. The van der Waals surface area contributed by atoms with Gasteiger partial charge < -0.3 is 10.1 Å². The van der Waals surface area contributed by atoms with Crippen molar-refractivity contribution in [2.45, 2.75) is 38.6 Å². The Kier molecular flexibility index (Phi) is 4.89. The molecule has 0 spiro atoms. The van der Waals surface area contributed by atoms with E-state index >= 15 is 0 Å². The molecule has 0 radical (unpaired) electrons. The fourth-order valence-electron chi connectivity index (χ4n) is 2.80. The van der Waals surface area contributed by atoms with Gasteiger partial charge >= 0.3 is 0 Å². The number of rotatable bonds is 6. The summed E-state index contributed by atoms with van der Waals surface area (Å²) in [5.41, 5.74) is 2.67. The van der Waals surface area contributed by atoms with Crippen LogP contribution in [0.5, 0.6) is 5.75 Å². The SMILES string of the molecule is COc1ccc(NC(C)CC(C)(C)c2ccccc2)cc1. The van der Waals surface area contributed by atoms with E-state index in [0.717, 1.165) is 17.9 Å². The summed E-state index contributed by atoms with van der Waals surface area (Å²) in [5, 5.41) is 3.56. The molecule has 0 heterocycles. The predicted molar refractivity (Wildman–Crippen MR) is 90.2 cm³/mol. The Morgan fingerprint density at radius 3 is 2.19 bits per heavy atom. The van der Waals surface area contributed by atoms with Crippen LogP contribution in [-0.2, 0) is 5.41 Å². The number of methoxy groups -OCH3 is 1. The highest BCUT2D eigenvalue weighted by Crippen LogP contribution is 2.29. The third-order valence-electron chi connectivity index (χ3n) is 3.87. The van der Waals surface area contributed by atoms with E-state index in [9.17, 15) is 0 Å². The van der Waals surface area contributed by atoms with Crippen LogP contribution in [0.25, 0.3) is 0 Å². The number of hydrogen-bond acceptors (Lipinski definition) is 2. The van der Waals surface area contributed by atoms with Gasteiger partial charge in [0.2, 0.25) is 0 Å². The van der Waals surface area contributed by atoms with Gasteiger partial charge in [0.25, 0.3) is 0 Å². The zero-order valence-electron chi connectivity index (χ0n) is 13.4. The average molecular weight is 283 g/mol. The second-order valence-corrected chi connectivity index (χ2v) is 6.23. The molecular weight excluding hydrogens is 258 g/mol. The molecule has 2 aromatic rings. The molecule has 0 saturated heterocycles. The van der Waals surface area contributed by atoms with Crippen LogP contribution in [0.2, 0.25) is 0 Å². The van der Waals surface area contributed by atoms with E-state index < -0.39 is 0 Å². The lowest BCUT2D eigenvalue weighted by atomic mass is 9.79. The van der Waals surface area contributed by atoms with Crippen LogP contribution < -0.4 is 10.1 Å². The van der Waals surface area contributed by atoms with Gasteiger partial charge in [-0.3, -0.25) is 0 Å². The van der Waals surface area contributed by atoms with Gasteiger partial charge in [-0.25, -0.2) is 0 Å². The van der Waals surface area contributed by atoms with Crippen molar-refractivity contribution < 1.29 is 4.74 Å². The van der Waals surface area contributed by atoms with Crippen molar-refractivity contribution in [3.8, 4) is 5.75 Å². The largest absolute Gasteiger partial charge is 0.497 e. The van der Waals surface area contributed by atoms with Gasteiger partial charge in [-0.2, -0.15) is 0 Å². The molecule has 1 N–H and O–H groups in total. The smallest absolute Gasteiger partial charge is 0.119 e. The van der Waals surface area contributed by atoms with E-state index in [1.165, 1.54) is 5.56 Å². The molecule has 0 aliphatic carbocycles. The Labute approximate surface area is 128 Å². The fraction of sp³-hybridized carbons (Fsp3) is 0.368. The lowest BCUT2D eigenvalue weighted by molar-refractivity contribution is 0.415. The first-order valence-corrected chi connectivity index (χ1v) is 7.47. The molecule has 0 bridgehead atoms. The summed E-state index contributed by atoms with van der Waals surface area (Å²) in [6, 6.07) is 19.2. The summed E-state index contributed by atoms with van der Waals surface area (Å²) in [4.78, 5) is 0. The minimum absolute atomic E-state index is 0.153. The van der Waals surface area contributed by atoms with Gasteiger partial charge in [-0.15, -0.1) is 0 Å². The fourth-order valence-corrected chi connectivity index (χ4v) is 2.80. The highest BCUT2D eigenvalue weighted by atomic mass is 16.5. The van der Waals surface area contributed by atoms with Gasteiger partial charge in [-0.05, 0) is 48.6 Å². The molecule has 0 amide bonds. The standard InChI is InChI=1S/C19H25NO/c1-15(20-17-10-12-18(21-4)13-11-17)14-19(2,3)16-8-6-5-7-9-16/h5-13,15,20H,14H2,1-4H3. The number of nitrogens with one attached hydrogen (secondary N) is 1. The van der Waals surface area contributed by atoms with E-state index in [1.54, 1.807) is 7.11 Å². The first kappa shape index (κ1) is 15.4. The normalized spacial score (nSPS) is 12.8. The highest BCUT2D eigenvalue weighted by molar-refractivity contribution is 5.47. The van der Waals surface area contributed by atoms with Gasteiger partial charge in [0, 0.05) is 11.7 Å². The van der Waals surface area contributed by atoms with Crippen molar-refractivity contribution in [1.82, 2.24) is 0 Å². The first-order valence-electron chi connectivity index (χ1n) is 7.47. The van der Waals surface area contributed by atoms with E-state index in [1.807, 2.05) is 12.1 Å². The number of benzene rings is 2. The van der Waals surface area contributed by atoms with Crippen LogP contribution in [-0.4, -0.2) is 13.2 Å². The number of ether oxygens (including phenoxy) is 1. The molecule has 21 heavy (non-hydrogen) atoms. The molecule has 0 saturated carbocycles. The summed E-state index contributed by atoms with van der Waals surface area (Å²) in [6.07, 6.45) is 1.07. The van der Waals surface area contributed by atoms with Crippen molar-refractivity contribution in [3.05, 3.63) is 60.2 Å². The van der Waals surface area contributed by atoms with Crippen molar-refractivity contribution in [2.24, 2.45) is 0 Å². The third kappa shape index (κ3) is 4.25. The van der Waals surface area contributed by atoms with Crippen LogP contribution in [0.4, 0.5) is 5.69 Å². The summed E-state index contributed by atoms with van der Waals surface area (Å²) in [7, 11) is 1.69. The molecule has 1 atom stereocenters. The average Bonchev–Trinajstić information content (AvgIpc) is 2.48. The Morgan fingerprint density at radius 2 is 1.62 bits per heavy atom. The number of hydrogen-bond donors (Lipinski definition) is 1. The quantitative estimate of drug-likeness (QED) is 0.817. The highest BCUT2D eigenvalue weighted by Gasteiger charge is 2.23. The van der Waals surface area contributed by atoms with Crippen LogP contribution in [0, 0.1) is 0 Å². The molecule has 0 aliphatic heterocycles. The minimum atomic E-state index is 0.153. The zero-order valence-corrected chi connectivity index (χ0v) is 13.4. The van der Waals surface area contributed by atoms with Crippen molar-refractivity contribution >= 4 is 5.69 Å². The van der Waals surface area contributed by atoms with E-state index in [2.05, 4.69) is 68.6 Å². The Bertz CT molecular complexity index is 546. The summed E-state index contributed by atoms with van der Waals surface area (Å²) in [6.45, 7) is 6.83.